The molecule has 25 heavy (non-hydrogen) atoms. The molecule has 0 aliphatic heterocycles. The van der Waals surface area contributed by atoms with E-state index < -0.39 is 17.5 Å². The van der Waals surface area contributed by atoms with E-state index in [2.05, 4.69) is 5.32 Å². The van der Waals surface area contributed by atoms with E-state index in [1.54, 1.807) is 12.1 Å². The molecule has 0 aliphatic rings. The van der Waals surface area contributed by atoms with Gasteiger partial charge in [-0.3, -0.25) is 9.59 Å². The number of carbonyl (C=O) groups is 2. The number of benzene rings is 2. The summed E-state index contributed by atoms with van der Waals surface area (Å²) in [5, 5.41) is 3.02. The van der Waals surface area contributed by atoms with Crippen LogP contribution < -0.4 is 10.2 Å². The molecule has 0 saturated carbocycles. The zero-order chi connectivity index (χ0) is 18.6. The summed E-state index contributed by atoms with van der Waals surface area (Å²) in [5.74, 6) is -2.46. The predicted molar refractivity (Wildman–Crippen MR) is 94.1 cm³/mol. The lowest BCUT2D eigenvalue weighted by atomic mass is 10.2. The fourth-order valence-corrected chi connectivity index (χ4v) is 2.68. The molecular weight excluding hydrogens is 373 g/mol. The highest BCUT2D eigenvalue weighted by Crippen LogP contribution is 2.29. The average Bonchev–Trinajstić information content (AvgIpc) is 2.52. The molecule has 0 aromatic heterocycles. The second kappa shape index (κ2) is 8.27. The van der Waals surface area contributed by atoms with Crippen molar-refractivity contribution in [2.45, 2.75) is 13.3 Å². The molecule has 2 aromatic rings. The van der Waals surface area contributed by atoms with Gasteiger partial charge in [0.25, 0.3) is 0 Å². The van der Waals surface area contributed by atoms with Gasteiger partial charge in [-0.2, -0.15) is 0 Å². The molecule has 2 rings (SSSR count). The molecule has 0 saturated heterocycles. The summed E-state index contributed by atoms with van der Waals surface area (Å²) in [4.78, 5) is 25.1. The Morgan fingerprint density at radius 1 is 1.12 bits per heavy atom. The van der Waals surface area contributed by atoms with Crippen molar-refractivity contribution in [1.29, 1.82) is 0 Å². The van der Waals surface area contributed by atoms with Crippen molar-refractivity contribution in [3.05, 3.63) is 58.1 Å². The van der Waals surface area contributed by atoms with Crippen molar-refractivity contribution >= 4 is 46.4 Å². The van der Waals surface area contributed by atoms with Gasteiger partial charge < -0.3 is 10.2 Å². The Bertz CT molecular complexity index is 815. The zero-order valence-electron chi connectivity index (χ0n) is 13.2. The lowest BCUT2D eigenvalue weighted by Crippen LogP contribution is -2.32. The van der Waals surface area contributed by atoms with Crippen molar-refractivity contribution in [2.75, 3.05) is 16.8 Å². The number of halogens is 4. The lowest BCUT2D eigenvalue weighted by molar-refractivity contribution is -0.117. The first kappa shape index (κ1) is 19.1. The van der Waals surface area contributed by atoms with Crippen molar-refractivity contribution in [3.8, 4) is 0 Å². The Hall–Kier alpha value is -2.18. The van der Waals surface area contributed by atoms with Crippen LogP contribution in [0.2, 0.25) is 10.0 Å². The van der Waals surface area contributed by atoms with Crippen LogP contribution in [-0.4, -0.2) is 18.4 Å². The molecule has 0 bridgehead atoms. The van der Waals surface area contributed by atoms with E-state index >= 15 is 0 Å². The van der Waals surface area contributed by atoms with Gasteiger partial charge in [-0.15, -0.1) is 0 Å². The van der Waals surface area contributed by atoms with Crippen LogP contribution in [0.1, 0.15) is 13.3 Å². The summed E-state index contributed by atoms with van der Waals surface area (Å²) in [7, 11) is 0. The van der Waals surface area contributed by atoms with Crippen LogP contribution >= 0.6 is 23.2 Å². The van der Waals surface area contributed by atoms with Crippen molar-refractivity contribution in [2.24, 2.45) is 0 Å². The van der Waals surface area contributed by atoms with Crippen LogP contribution in [0, 0.1) is 11.6 Å². The number of carbonyl (C=O) groups excluding carboxylic acids is 2. The van der Waals surface area contributed by atoms with Gasteiger partial charge >= 0.3 is 0 Å². The van der Waals surface area contributed by atoms with Gasteiger partial charge in [0.05, 0.1) is 16.4 Å². The first-order valence-electron chi connectivity index (χ1n) is 7.26. The highest BCUT2D eigenvalue weighted by Gasteiger charge is 2.17. The topological polar surface area (TPSA) is 49.4 Å². The Morgan fingerprint density at radius 2 is 1.84 bits per heavy atom. The van der Waals surface area contributed by atoms with Crippen LogP contribution in [0.25, 0.3) is 0 Å². The molecule has 4 nitrogen and oxygen atoms in total. The largest absolute Gasteiger partial charge is 0.324 e. The second-order valence-electron chi connectivity index (χ2n) is 5.19. The molecule has 132 valence electrons. The quantitative estimate of drug-likeness (QED) is 0.812. The first-order chi connectivity index (χ1) is 11.8. The molecule has 8 heteroatoms. The maximum Gasteiger partial charge on any atom is 0.226 e. The normalized spacial score (nSPS) is 10.4. The van der Waals surface area contributed by atoms with E-state index in [0.717, 1.165) is 12.1 Å². The molecule has 0 heterocycles. The molecular formula is C17H14Cl2F2N2O2. The van der Waals surface area contributed by atoms with E-state index in [1.807, 2.05) is 0 Å². The van der Waals surface area contributed by atoms with Crippen LogP contribution in [-0.2, 0) is 9.59 Å². The molecule has 0 unspecified atom stereocenters. The Labute approximate surface area is 153 Å². The van der Waals surface area contributed by atoms with Gasteiger partial charge in [-0.05, 0) is 30.3 Å². The first-order valence-corrected chi connectivity index (χ1v) is 8.01. The number of hydrogen-bond donors (Lipinski definition) is 1. The van der Waals surface area contributed by atoms with Gasteiger partial charge in [-0.1, -0.05) is 23.2 Å². The van der Waals surface area contributed by atoms with Gasteiger partial charge in [0.15, 0.2) is 0 Å². The summed E-state index contributed by atoms with van der Waals surface area (Å²) in [6.07, 6.45) is -0.102. The average molecular weight is 387 g/mol. The summed E-state index contributed by atoms with van der Waals surface area (Å²) in [6.45, 7) is 1.37. The fourth-order valence-electron chi connectivity index (χ4n) is 2.16. The third-order valence-electron chi connectivity index (χ3n) is 3.35. The van der Waals surface area contributed by atoms with Gasteiger partial charge in [0.1, 0.15) is 11.6 Å². The van der Waals surface area contributed by atoms with Gasteiger partial charge in [-0.25, -0.2) is 8.78 Å². The SMILES string of the molecule is CC(=O)N(CCC(=O)Nc1ccc(F)cc1F)c1ccc(Cl)cc1Cl. The number of nitrogens with zero attached hydrogens (tertiary/aromatic N) is 1. The molecule has 0 radical (unpaired) electrons. The smallest absolute Gasteiger partial charge is 0.226 e. The minimum atomic E-state index is -0.877. The minimum Gasteiger partial charge on any atom is -0.324 e. The third kappa shape index (κ3) is 5.14. The molecule has 0 spiro atoms. The molecule has 0 atom stereocenters. The van der Waals surface area contributed by atoms with Gasteiger partial charge in [0.2, 0.25) is 11.8 Å². The van der Waals surface area contributed by atoms with E-state index in [0.29, 0.717) is 16.8 Å². The Morgan fingerprint density at radius 3 is 2.44 bits per heavy atom. The summed E-state index contributed by atoms with van der Waals surface area (Å²) >= 11 is 11.9. The standard InChI is InChI=1S/C17H14Cl2F2N2O2/c1-10(24)23(16-5-2-11(18)8-13(16)19)7-6-17(25)22-15-4-3-12(20)9-14(15)21/h2-5,8-9H,6-7H2,1H3,(H,22,25). The van der Waals surface area contributed by atoms with Gasteiger partial charge in [0, 0.05) is 31.0 Å². The molecule has 0 fully saturated rings. The summed E-state index contributed by atoms with van der Waals surface area (Å²) < 4.78 is 26.4. The number of anilines is 2. The minimum absolute atomic E-state index is 0.0331. The molecule has 1 N–H and O–H groups in total. The van der Waals surface area contributed by atoms with Crippen LogP contribution in [0.15, 0.2) is 36.4 Å². The lowest BCUT2D eigenvalue weighted by Gasteiger charge is -2.22. The van der Waals surface area contributed by atoms with Crippen molar-refractivity contribution < 1.29 is 18.4 Å². The van der Waals surface area contributed by atoms with E-state index in [1.165, 1.54) is 17.9 Å². The highest BCUT2D eigenvalue weighted by atomic mass is 35.5. The maximum atomic E-state index is 13.5. The number of nitrogens with one attached hydrogen (secondary N) is 1. The van der Waals surface area contributed by atoms with E-state index in [4.69, 9.17) is 23.2 Å². The van der Waals surface area contributed by atoms with Crippen LogP contribution in [0.3, 0.4) is 0 Å². The van der Waals surface area contributed by atoms with Crippen molar-refractivity contribution in [1.82, 2.24) is 0 Å². The predicted octanol–water partition coefficient (Wildman–Crippen LogP) is 4.65. The van der Waals surface area contributed by atoms with Crippen LogP contribution in [0.5, 0.6) is 0 Å². The van der Waals surface area contributed by atoms with Crippen molar-refractivity contribution in [3.63, 3.8) is 0 Å². The second-order valence-corrected chi connectivity index (χ2v) is 6.03. The molecule has 2 aromatic carbocycles. The Balaban J connectivity index is 2.05. The van der Waals surface area contributed by atoms with E-state index in [-0.39, 0.29) is 29.6 Å². The molecule has 0 aliphatic carbocycles. The fraction of sp³-hybridized carbons (Fsp3) is 0.176. The Kier molecular flexibility index (Phi) is 6.33. The summed E-state index contributed by atoms with van der Waals surface area (Å²) in [5.41, 5.74) is 0.282. The monoisotopic (exact) mass is 386 g/mol. The third-order valence-corrected chi connectivity index (χ3v) is 3.89. The van der Waals surface area contributed by atoms with Crippen LogP contribution in [0.4, 0.5) is 20.2 Å². The van der Waals surface area contributed by atoms with E-state index in [9.17, 15) is 18.4 Å². The summed E-state index contributed by atoms with van der Waals surface area (Å²) in [6, 6.07) is 7.47. The molecule has 2 amide bonds. The number of amides is 2. The number of hydrogen-bond acceptors (Lipinski definition) is 2. The maximum absolute atomic E-state index is 13.5. The number of rotatable bonds is 5. The zero-order valence-corrected chi connectivity index (χ0v) is 14.7. The highest BCUT2D eigenvalue weighted by molar-refractivity contribution is 6.36.